The van der Waals surface area contributed by atoms with Gasteiger partial charge in [0.1, 0.15) is 6.33 Å². The zero-order valence-corrected chi connectivity index (χ0v) is 12.3. The van der Waals surface area contributed by atoms with Crippen molar-refractivity contribution in [1.82, 2.24) is 14.3 Å². The minimum absolute atomic E-state index is 0.130. The second-order valence-electron chi connectivity index (χ2n) is 5.04. The molecule has 1 atom stereocenters. The molecule has 0 spiro atoms. The lowest BCUT2D eigenvalue weighted by molar-refractivity contribution is 0.685. The van der Waals surface area contributed by atoms with Gasteiger partial charge in [0.25, 0.3) is 0 Å². The summed E-state index contributed by atoms with van der Waals surface area (Å²) in [5.74, 6) is 2.45. The number of benzene rings is 1. The van der Waals surface area contributed by atoms with Crippen molar-refractivity contribution >= 4 is 17.4 Å². The van der Waals surface area contributed by atoms with E-state index >= 15 is 0 Å². The minimum Gasteiger partial charge on any atom is -0.381 e. The average Bonchev–Trinajstić information content (AvgIpc) is 2.81. The number of rotatable bonds is 3. The molecule has 1 aromatic heterocycles. The standard InChI is InChI=1S/C14H18N4OS/c1-17-10-15-18(14(17)19)13-6-4-11(5-7-13)16-12-3-2-8-20-9-12/h4-7,10,12,16H,2-3,8-9H2,1H3. The second-order valence-corrected chi connectivity index (χ2v) is 6.19. The third-order valence-electron chi connectivity index (χ3n) is 3.47. The van der Waals surface area contributed by atoms with Crippen LogP contribution in [0.4, 0.5) is 5.69 Å². The van der Waals surface area contributed by atoms with E-state index in [1.54, 1.807) is 7.05 Å². The summed E-state index contributed by atoms with van der Waals surface area (Å²) in [6.45, 7) is 0. The zero-order chi connectivity index (χ0) is 13.9. The normalized spacial score (nSPS) is 18.9. The Morgan fingerprint density at radius 3 is 2.75 bits per heavy atom. The molecule has 5 nitrogen and oxygen atoms in total. The Kier molecular flexibility index (Phi) is 3.82. The quantitative estimate of drug-likeness (QED) is 0.938. The van der Waals surface area contributed by atoms with E-state index in [0.29, 0.717) is 6.04 Å². The van der Waals surface area contributed by atoms with Crippen molar-refractivity contribution in [3.63, 3.8) is 0 Å². The number of hydrogen-bond acceptors (Lipinski definition) is 4. The summed E-state index contributed by atoms with van der Waals surface area (Å²) < 4.78 is 2.87. The highest BCUT2D eigenvalue weighted by atomic mass is 32.2. The van der Waals surface area contributed by atoms with E-state index in [1.807, 2.05) is 36.0 Å². The van der Waals surface area contributed by atoms with E-state index in [9.17, 15) is 4.79 Å². The van der Waals surface area contributed by atoms with E-state index in [0.717, 1.165) is 11.4 Å². The van der Waals surface area contributed by atoms with Crippen LogP contribution in [-0.2, 0) is 7.05 Å². The predicted molar refractivity (Wildman–Crippen MR) is 82.8 cm³/mol. The number of aromatic nitrogens is 3. The Labute approximate surface area is 122 Å². The van der Waals surface area contributed by atoms with Crippen LogP contribution in [0.1, 0.15) is 12.8 Å². The smallest absolute Gasteiger partial charge is 0.350 e. The summed E-state index contributed by atoms with van der Waals surface area (Å²) in [4.78, 5) is 11.8. The summed E-state index contributed by atoms with van der Waals surface area (Å²) in [5.41, 5.74) is 1.76. The summed E-state index contributed by atoms with van der Waals surface area (Å²) in [6.07, 6.45) is 4.03. The molecule has 2 aromatic rings. The van der Waals surface area contributed by atoms with Gasteiger partial charge in [-0.2, -0.15) is 21.5 Å². The second kappa shape index (κ2) is 5.75. The van der Waals surface area contributed by atoms with Gasteiger partial charge < -0.3 is 5.32 Å². The van der Waals surface area contributed by atoms with Gasteiger partial charge in [0.05, 0.1) is 5.69 Å². The summed E-state index contributed by atoms with van der Waals surface area (Å²) in [5, 5.41) is 7.62. The van der Waals surface area contributed by atoms with Crippen LogP contribution in [-0.4, -0.2) is 31.9 Å². The molecule has 1 aliphatic heterocycles. The minimum atomic E-state index is -0.130. The van der Waals surface area contributed by atoms with Crippen molar-refractivity contribution in [2.75, 3.05) is 16.8 Å². The van der Waals surface area contributed by atoms with Crippen LogP contribution in [0.5, 0.6) is 0 Å². The third-order valence-corrected chi connectivity index (χ3v) is 4.68. The van der Waals surface area contributed by atoms with Crippen LogP contribution in [0.15, 0.2) is 35.4 Å². The Hall–Kier alpha value is -1.69. The molecule has 0 saturated carbocycles. The van der Waals surface area contributed by atoms with Gasteiger partial charge in [0.15, 0.2) is 0 Å². The first kappa shape index (κ1) is 13.3. The van der Waals surface area contributed by atoms with Crippen molar-refractivity contribution in [3.05, 3.63) is 41.1 Å². The van der Waals surface area contributed by atoms with Crippen molar-refractivity contribution < 1.29 is 0 Å². The van der Waals surface area contributed by atoms with Crippen LogP contribution in [0.3, 0.4) is 0 Å². The molecular formula is C14H18N4OS. The lowest BCUT2D eigenvalue weighted by Gasteiger charge is -2.23. The number of aryl methyl sites for hydroxylation is 1. The fourth-order valence-electron chi connectivity index (χ4n) is 2.34. The third kappa shape index (κ3) is 2.75. The molecule has 20 heavy (non-hydrogen) atoms. The van der Waals surface area contributed by atoms with Gasteiger partial charge in [0, 0.05) is 24.5 Å². The highest BCUT2D eigenvalue weighted by molar-refractivity contribution is 7.99. The fourth-order valence-corrected chi connectivity index (χ4v) is 3.42. The van der Waals surface area contributed by atoms with Gasteiger partial charge in [-0.25, -0.2) is 4.79 Å². The molecule has 0 aliphatic carbocycles. The summed E-state index contributed by atoms with van der Waals surface area (Å²) in [6, 6.07) is 8.42. The first-order valence-corrected chi connectivity index (χ1v) is 7.95. The Morgan fingerprint density at radius 1 is 1.35 bits per heavy atom. The molecule has 1 fully saturated rings. The molecule has 0 amide bonds. The van der Waals surface area contributed by atoms with Gasteiger partial charge in [-0.1, -0.05) is 0 Å². The van der Waals surface area contributed by atoms with E-state index in [4.69, 9.17) is 0 Å². The van der Waals surface area contributed by atoms with Gasteiger partial charge >= 0.3 is 5.69 Å². The molecule has 0 radical (unpaired) electrons. The lowest BCUT2D eigenvalue weighted by atomic mass is 10.1. The molecule has 1 saturated heterocycles. The molecule has 106 valence electrons. The van der Waals surface area contributed by atoms with Crippen LogP contribution in [0.25, 0.3) is 5.69 Å². The largest absolute Gasteiger partial charge is 0.381 e. The number of anilines is 1. The van der Waals surface area contributed by atoms with Crippen molar-refractivity contribution in [2.24, 2.45) is 7.05 Å². The maximum Gasteiger partial charge on any atom is 0.350 e. The Balaban J connectivity index is 1.74. The Bertz CT molecular complexity index is 625. The van der Waals surface area contributed by atoms with Crippen LogP contribution in [0, 0.1) is 0 Å². The summed E-state index contributed by atoms with van der Waals surface area (Å²) in [7, 11) is 1.70. The molecule has 3 rings (SSSR count). The van der Waals surface area contributed by atoms with Crippen molar-refractivity contribution in [2.45, 2.75) is 18.9 Å². The average molecular weight is 290 g/mol. The van der Waals surface area contributed by atoms with Gasteiger partial charge in [-0.15, -0.1) is 0 Å². The molecule has 1 unspecified atom stereocenters. The lowest BCUT2D eigenvalue weighted by Crippen LogP contribution is -2.25. The predicted octanol–water partition coefficient (Wildman–Crippen LogP) is 1.88. The SMILES string of the molecule is Cn1cnn(-c2ccc(NC3CCCSC3)cc2)c1=O. The monoisotopic (exact) mass is 290 g/mol. The molecule has 1 aliphatic rings. The van der Waals surface area contributed by atoms with Gasteiger partial charge in [-0.3, -0.25) is 4.57 Å². The Morgan fingerprint density at radius 2 is 2.15 bits per heavy atom. The first-order chi connectivity index (χ1) is 9.74. The van der Waals surface area contributed by atoms with Crippen LogP contribution >= 0.6 is 11.8 Å². The van der Waals surface area contributed by atoms with Crippen molar-refractivity contribution in [3.8, 4) is 5.69 Å². The van der Waals surface area contributed by atoms with E-state index in [1.165, 1.54) is 39.9 Å². The summed E-state index contributed by atoms with van der Waals surface area (Å²) >= 11 is 2.01. The molecule has 0 bridgehead atoms. The molecular weight excluding hydrogens is 272 g/mol. The van der Waals surface area contributed by atoms with Gasteiger partial charge in [0.2, 0.25) is 0 Å². The van der Waals surface area contributed by atoms with E-state index < -0.39 is 0 Å². The number of hydrogen-bond donors (Lipinski definition) is 1. The number of nitrogens with zero attached hydrogens (tertiary/aromatic N) is 3. The van der Waals surface area contributed by atoms with E-state index in [-0.39, 0.29) is 5.69 Å². The number of thioether (sulfide) groups is 1. The molecule has 2 heterocycles. The molecule has 1 aromatic carbocycles. The maximum absolute atomic E-state index is 11.8. The molecule has 6 heteroatoms. The maximum atomic E-state index is 11.8. The van der Waals surface area contributed by atoms with Gasteiger partial charge in [-0.05, 0) is 42.9 Å². The highest BCUT2D eigenvalue weighted by Crippen LogP contribution is 2.21. The topological polar surface area (TPSA) is 51.9 Å². The fraction of sp³-hybridized carbons (Fsp3) is 0.429. The van der Waals surface area contributed by atoms with E-state index in [2.05, 4.69) is 10.4 Å². The van der Waals surface area contributed by atoms with Crippen LogP contribution in [0.2, 0.25) is 0 Å². The highest BCUT2D eigenvalue weighted by Gasteiger charge is 2.13. The van der Waals surface area contributed by atoms with Crippen LogP contribution < -0.4 is 11.0 Å². The zero-order valence-electron chi connectivity index (χ0n) is 11.5. The number of nitrogens with one attached hydrogen (secondary N) is 1. The van der Waals surface area contributed by atoms with Crippen molar-refractivity contribution in [1.29, 1.82) is 0 Å². The first-order valence-electron chi connectivity index (χ1n) is 6.79. The molecule has 1 N–H and O–H groups in total.